The first kappa shape index (κ1) is 20.4. The molecule has 152 valence electrons. The summed E-state index contributed by atoms with van der Waals surface area (Å²) in [4.78, 5) is 12.5. The van der Waals surface area contributed by atoms with Gasteiger partial charge in [-0.05, 0) is 44.0 Å². The van der Waals surface area contributed by atoms with Crippen LogP contribution in [0.3, 0.4) is 0 Å². The highest BCUT2D eigenvalue weighted by Gasteiger charge is 2.39. The number of carbonyl (C=O) groups is 1. The van der Waals surface area contributed by atoms with Gasteiger partial charge < -0.3 is 10.1 Å². The van der Waals surface area contributed by atoms with Crippen LogP contribution in [-0.4, -0.2) is 22.3 Å². The number of nitrogens with zero attached hydrogens (tertiary/aromatic N) is 2. The Labute approximate surface area is 161 Å². The smallest absolute Gasteiger partial charge is 0.433 e. The summed E-state index contributed by atoms with van der Waals surface area (Å²) in [6, 6.07) is 3.59. The van der Waals surface area contributed by atoms with Crippen molar-refractivity contribution < 1.29 is 31.5 Å². The van der Waals surface area contributed by atoms with Gasteiger partial charge in [-0.3, -0.25) is 9.48 Å². The predicted molar refractivity (Wildman–Crippen MR) is 90.6 cm³/mol. The zero-order chi connectivity index (χ0) is 20.6. The number of ether oxygens (including phenoxy) is 1. The molecule has 5 nitrogen and oxygen atoms in total. The van der Waals surface area contributed by atoms with Gasteiger partial charge in [0, 0.05) is 17.3 Å². The number of alkyl halides is 5. The highest BCUT2D eigenvalue weighted by atomic mass is 35.5. The van der Waals surface area contributed by atoms with Crippen LogP contribution in [0.2, 0.25) is 5.02 Å². The molecular weight excluding hydrogens is 409 g/mol. The van der Waals surface area contributed by atoms with Crippen LogP contribution >= 0.6 is 11.6 Å². The maximum absolute atomic E-state index is 13.0. The molecule has 1 saturated carbocycles. The zero-order valence-corrected chi connectivity index (χ0v) is 15.2. The molecule has 28 heavy (non-hydrogen) atoms. The molecule has 1 N–H and O–H groups in total. The van der Waals surface area contributed by atoms with Crippen LogP contribution in [0.5, 0.6) is 5.75 Å². The van der Waals surface area contributed by atoms with E-state index < -0.39 is 30.4 Å². The lowest BCUT2D eigenvalue weighted by Gasteiger charge is -2.16. The topological polar surface area (TPSA) is 56.1 Å². The van der Waals surface area contributed by atoms with Gasteiger partial charge in [-0.25, -0.2) is 0 Å². The molecule has 1 fully saturated rings. The molecule has 1 unspecified atom stereocenters. The normalized spacial score (nSPS) is 15.6. The number of benzene rings is 1. The van der Waals surface area contributed by atoms with Crippen LogP contribution < -0.4 is 10.1 Å². The Bertz CT molecular complexity index is 880. The molecule has 1 aromatic carbocycles. The van der Waals surface area contributed by atoms with Gasteiger partial charge >= 0.3 is 12.8 Å². The average molecular weight is 424 g/mol. The summed E-state index contributed by atoms with van der Waals surface area (Å²) in [5, 5.41) is 5.91. The maximum Gasteiger partial charge on any atom is 0.435 e. The summed E-state index contributed by atoms with van der Waals surface area (Å²) in [6.07, 6.45) is -3.14. The third-order valence-electron chi connectivity index (χ3n) is 4.21. The summed E-state index contributed by atoms with van der Waals surface area (Å²) in [5.74, 6) is -0.947. The van der Waals surface area contributed by atoms with Gasteiger partial charge in [0.2, 0.25) is 5.91 Å². The second kappa shape index (κ2) is 7.57. The summed E-state index contributed by atoms with van der Waals surface area (Å²) in [6.45, 7) is -1.63. The van der Waals surface area contributed by atoms with E-state index >= 15 is 0 Å². The number of hydrogen-bond acceptors (Lipinski definition) is 3. The third-order valence-corrected chi connectivity index (χ3v) is 4.51. The molecule has 0 aliphatic heterocycles. The number of nitrogens with one attached hydrogen (secondary N) is 1. The van der Waals surface area contributed by atoms with Crippen LogP contribution in [0.15, 0.2) is 24.3 Å². The fourth-order valence-electron chi connectivity index (χ4n) is 2.67. The summed E-state index contributed by atoms with van der Waals surface area (Å²) in [5.41, 5.74) is -0.515. The first-order chi connectivity index (χ1) is 13.1. The van der Waals surface area contributed by atoms with E-state index in [1.54, 1.807) is 0 Å². The number of aromatic nitrogens is 2. The van der Waals surface area contributed by atoms with Crippen molar-refractivity contribution in [2.45, 2.75) is 44.5 Å². The van der Waals surface area contributed by atoms with Crippen molar-refractivity contribution in [2.75, 3.05) is 5.32 Å². The second-order valence-electron chi connectivity index (χ2n) is 6.36. The van der Waals surface area contributed by atoms with Crippen LogP contribution in [-0.2, 0) is 11.0 Å². The maximum atomic E-state index is 13.0. The molecule has 0 spiro atoms. The minimum atomic E-state index is -4.61. The Hall–Kier alpha value is -2.36. The molecule has 0 bridgehead atoms. The van der Waals surface area contributed by atoms with Crippen molar-refractivity contribution in [1.82, 2.24) is 9.78 Å². The zero-order valence-electron chi connectivity index (χ0n) is 14.4. The molecule has 1 aromatic heterocycles. The lowest BCUT2D eigenvalue weighted by Crippen LogP contribution is -2.26. The third kappa shape index (κ3) is 4.54. The van der Waals surface area contributed by atoms with Gasteiger partial charge in [0.05, 0.1) is 5.02 Å². The van der Waals surface area contributed by atoms with Crippen molar-refractivity contribution in [3.63, 3.8) is 0 Å². The lowest BCUT2D eigenvalue weighted by atomic mass is 10.2. The number of anilines is 1. The molecule has 0 radical (unpaired) electrons. The SMILES string of the molecule is CC(C(=O)Nc1ccc(OC(F)F)c(Cl)c1)n1nc(C(F)(F)F)cc1C1CC1. The van der Waals surface area contributed by atoms with Gasteiger partial charge in [-0.15, -0.1) is 0 Å². The Balaban J connectivity index is 1.78. The molecule has 1 aliphatic rings. The van der Waals surface area contributed by atoms with Gasteiger partial charge in [0.25, 0.3) is 0 Å². The van der Waals surface area contributed by atoms with E-state index in [2.05, 4.69) is 15.2 Å². The van der Waals surface area contributed by atoms with Crippen molar-refractivity contribution in [2.24, 2.45) is 0 Å². The Morgan fingerprint density at radius 1 is 1.32 bits per heavy atom. The van der Waals surface area contributed by atoms with Crippen molar-refractivity contribution in [1.29, 1.82) is 0 Å². The van der Waals surface area contributed by atoms with E-state index in [-0.39, 0.29) is 22.4 Å². The summed E-state index contributed by atoms with van der Waals surface area (Å²) in [7, 11) is 0. The minimum Gasteiger partial charge on any atom is -0.433 e. The highest BCUT2D eigenvalue weighted by Crippen LogP contribution is 2.43. The Morgan fingerprint density at radius 3 is 2.54 bits per heavy atom. The Morgan fingerprint density at radius 2 is 2.00 bits per heavy atom. The summed E-state index contributed by atoms with van der Waals surface area (Å²) < 4.78 is 68.8. The van der Waals surface area contributed by atoms with E-state index in [9.17, 15) is 26.7 Å². The Kier molecular flexibility index (Phi) is 5.51. The van der Waals surface area contributed by atoms with Gasteiger partial charge in [0.1, 0.15) is 11.8 Å². The number of halogens is 6. The van der Waals surface area contributed by atoms with Crippen LogP contribution in [0.1, 0.15) is 43.1 Å². The highest BCUT2D eigenvalue weighted by molar-refractivity contribution is 6.32. The molecule has 0 saturated heterocycles. The first-order valence-electron chi connectivity index (χ1n) is 8.28. The predicted octanol–water partition coefficient (Wildman–Crippen LogP) is 5.23. The van der Waals surface area contributed by atoms with E-state index in [0.717, 1.165) is 29.7 Å². The van der Waals surface area contributed by atoms with E-state index in [1.165, 1.54) is 19.1 Å². The van der Waals surface area contributed by atoms with E-state index in [0.29, 0.717) is 5.69 Å². The fraction of sp³-hybridized carbons (Fsp3) is 0.412. The fourth-order valence-corrected chi connectivity index (χ4v) is 2.89. The van der Waals surface area contributed by atoms with Crippen LogP contribution in [0.4, 0.5) is 27.6 Å². The molecule has 1 aliphatic carbocycles. The average Bonchev–Trinajstić information content (AvgIpc) is 3.33. The largest absolute Gasteiger partial charge is 0.435 e. The van der Waals surface area contributed by atoms with Crippen molar-refractivity contribution >= 4 is 23.2 Å². The molecule has 11 heteroatoms. The molecular formula is C17H15ClF5N3O2. The van der Waals surface area contributed by atoms with Crippen LogP contribution in [0.25, 0.3) is 0 Å². The molecule has 1 atom stereocenters. The minimum absolute atomic E-state index is 0.0564. The molecule has 2 aromatic rings. The second-order valence-corrected chi connectivity index (χ2v) is 6.77. The number of amides is 1. The lowest BCUT2D eigenvalue weighted by molar-refractivity contribution is -0.141. The van der Waals surface area contributed by atoms with Crippen LogP contribution in [0, 0.1) is 0 Å². The number of hydrogen-bond donors (Lipinski definition) is 1. The van der Waals surface area contributed by atoms with E-state index in [1.807, 2.05) is 0 Å². The van der Waals surface area contributed by atoms with E-state index in [4.69, 9.17) is 11.6 Å². The molecule has 3 rings (SSSR count). The van der Waals surface area contributed by atoms with Gasteiger partial charge in [-0.2, -0.15) is 27.1 Å². The van der Waals surface area contributed by atoms with Crippen molar-refractivity contribution in [3.05, 3.63) is 40.7 Å². The summed E-state index contributed by atoms with van der Waals surface area (Å²) >= 11 is 5.83. The molecule has 1 amide bonds. The standard InChI is InChI=1S/C17H15ClF5N3O2/c1-8(26-12(9-2-3-9)7-14(25-26)17(21,22)23)15(27)24-10-4-5-13(11(18)6-10)28-16(19)20/h4-9,16H,2-3H2,1H3,(H,24,27). The first-order valence-corrected chi connectivity index (χ1v) is 8.66. The van der Waals surface area contributed by atoms with Gasteiger partial charge in [0.15, 0.2) is 5.69 Å². The van der Waals surface area contributed by atoms with Crippen molar-refractivity contribution in [3.8, 4) is 5.75 Å². The van der Waals surface area contributed by atoms with Gasteiger partial charge in [-0.1, -0.05) is 11.6 Å². The molecule has 1 heterocycles. The quantitative estimate of drug-likeness (QED) is 0.647. The number of carbonyl (C=O) groups excluding carboxylic acids is 1. The number of rotatable bonds is 6. The monoisotopic (exact) mass is 423 g/mol.